The van der Waals surface area contributed by atoms with E-state index in [4.69, 9.17) is 9.72 Å². The summed E-state index contributed by atoms with van der Waals surface area (Å²) in [5.41, 5.74) is 3.29. The average Bonchev–Trinajstić information content (AvgIpc) is 3.57. The van der Waals surface area contributed by atoms with Crippen LogP contribution in [0.25, 0.3) is 22.3 Å². The molecule has 1 aromatic carbocycles. The molecule has 3 heterocycles. The van der Waals surface area contributed by atoms with Crippen LogP contribution < -0.4 is 16.0 Å². The molecule has 0 fully saturated rings. The molecule has 0 aliphatic carbocycles. The van der Waals surface area contributed by atoms with Crippen molar-refractivity contribution in [2.75, 3.05) is 18.4 Å². The van der Waals surface area contributed by atoms with Crippen molar-refractivity contribution in [1.29, 1.82) is 0 Å². The van der Waals surface area contributed by atoms with Crippen LogP contribution in [-0.2, 0) is 11.3 Å². The highest BCUT2D eigenvalue weighted by molar-refractivity contribution is 5.94. The molecule has 0 radical (unpaired) electrons. The quantitative estimate of drug-likeness (QED) is 0.175. The van der Waals surface area contributed by atoms with Gasteiger partial charge in [0.05, 0.1) is 11.9 Å². The van der Waals surface area contributed by atoms with Crippen LogP contribution in [0.15, 0.2) is 48.9 Å². The number of aryl methyl sites for hydroxylation is 1. The van der Waals surface area contributed by atoms with Gasteiger partial charge in [0.25, 0.3) is 5.91 Å². The van der Waals surface area contributed by atoms with Crippen molar-refractivity contribution in [3.05, 3.63) is 54.5 Å². The van der Waals surface area contributed by atoms with E-state index in [-0.39, 0.29) is 5.91 Å². The molecule has 0 aliphatic heterocycles. The molecular weight excluding hydrogens is 508 g/mol. The van der Waals surface area contributed by atoms with Crippen LogP contribution in [0.5, 0.6) is 0 Å². The van der Waals surface area contributed by atoms with Crippen molar-refractivity contribution in [3.63, 3.8) is 0 Å². The van der Waals surface area contributed by atoms with Crippen molar-refractivity contribution in [1.82, 2.24) is 35.4 Å². The number of benzene rings is 1. The Bertz CT molecular complexity index is 1420. The van der Waals surface area contributed by atoms with Gasteiger partial charge in [-0.1, -0.05) is 6.92 Å². The third kappa shape index (κ3) is 8.05. The van der Waals surface area contributed by atoms with E-state index < -0.39 is 11.7 Å². The summed E-state index contributed by atoms with van der Waals surface area (Å²) in [6.45, 7) is 9.56. The van der Waals surface area contributed by atoms with Crippen LogP contribution in [-0.4, -0.2) is 55.4 Å². The van der Waals surface area contributed by atoms with Gasteiger partial charge in [-0.2, -0.15) is 10.1 Å². The second kappa shape index (κ2) is 13.1. The molecule has 0 bridgehead atoms. The van der Waals surface area contributed by atoms with Crippen molar-refractivity contribution in [2.45, 2.75) is 65.5 Å². The van der Waals surface area contributed by atoms with E-state index in [9.17, 15) is 9.59 Å². The summed E-state index contributed by atoms with van der Waals surface area (Å²) < 4.78 is 7.12. The number of amides is 2. The molecule has 0 unspecified atom stereocenters. The summed E-state index contributed by atoms with van der Waals surface area (Å²) in [4.78, 5) is 36.7. The third-order valence-electron chi connectivity index (χ3n) is 5.99. The number of aromatic amines is 1. The molecule has 0 atom stereocenters. The summed E-state index contributed by atoms with van der Waals surface area (Å²) in [6.07, 6.45) is 8.77. The lowest BCUT2D eigenvalue weighted by Crippen LogP contribution is -2.33. The molecule has 212 valence electrons. The van der Waals surface area contributed by atoms with E-state index in [1.807, 2.05) is 62.2 Å². The molecular formula is C29H38N8O3. The lowest BCUT2D eigenvalue weighted by atomic mass is 10.2. The van der Waals surface area contributed by atoms with Crippen LogP contribution in [0, 0.1) is 0 Å². The van der Waals surface area contributed by atoms with Gasteiger partial charge in [0.15, 0.2) is 0 Å². The Hall–Kier alpha value is -4.41. The number of unbranched alkanes of at least 4 members (excludes halogenated alkanes) is 2. The molecule has 40 heavy (non-hydrogen) atoms. The number of H-pyrrole nitrogens is 1. The van der Waals surface area contributed by atoms with Gasteiger partial charge in [-0.3, -0.25) is 9.48 Å². The first-order valence-electron chi connectivity index (χ1n) is 13.7. The van der Waals surface area contributed by atoms with Gasteiger partial charge in [0.2, 0.25) is 5.95 Å². The Balaban J connectivity index is 1.26. The number of carbonyl (C=O) groups excluding carboxylic acids is 2. The Morgan fingerprint density at radius 2 is 1.75 bits per heavy atom. The minimum Gasteiger partial charge on any atom is -0.444 e. The Kier molecular flexibility index (Phi) is 9.36. The van der Waals surface area contributed by atoms with E-state index in [0.29, 0.717) is 24.6 Å². The van der Waals surface area contributed by atoms with Gasteiger partial charge in [0.1, 0.15) is 11.2 Å². The standard InChI is InChI=1S/C29H38N8O3/c1-5-17-37-19-21(18-33-37)24-23-13-16-30-25(23)36-27(35-24)34-22-11-9-20(10-12-22)26(38)31-14-7-6-8-15-32-28(39)40-29(2,3)4/h9-13,16,18-19H,5-8,14-15,17H2,1-4H3,(H,31,38)(H,32,39)(H2,30,34,35,36). The fraction of sp³-hybridized carbons (Fsp3) is 0.414. The van der Waals surface area contributed by atoms with E-state index in [0.717, 1.165) is 60.2 Å². The number of anilines is 2. The first kappa shape index (κ1) is 28.6. The van der Waals surface area contributed by atoms with Crippen molar-refractivity contribution in [3.8, 4) is 11.3 Å². The molecule has 3 aromatic heterocycles. The lowest BCUT2D eigenvalue weighted by molar-refractivity contribution is 0.0527. The summed E-state index contributed by atoms with van der Waals surface area (Å²) >= 11 is 0. The Morgan fingerprint density at radius 3 is 2.48 bits per heavy atom. The molecule has 11 nitrogen and oxygen atoms in total. The number of rotatable bonds is 12. The third-order valence-corrected chi connectivity index (χ3v) is 5.99. The van der Waals surface area contributed by atoms with E-state index in [1.54, 1.807) is 12.1 Å². The summed E-state index contributed by atoms with van der Waals surface area (Å²) in [5.74, 6) is 0.320. The van der Waals surface area contributed by atoms with Crippen LogP contribution >= 0.6 is 0 Å². The van der Waals surface area contributed by atoms with E-state index in [2.05, 4.69) is 37.9 Å². The van der Waals surface area contributed by atoms with Gasteiger partial charge < -0.3 is 25.7 Å². The number of carbonyl (C=O) groups is 2. The number of fused-ring (bicyclic) bond motifs is 1. The highest BCUT2D eigenvalue weighted by Gasteiger charge is 2.16. The number of aromatic nitrogens is 5. The minimum absolute atomic E-state index is 0.131. The fourth-order valence-electron chi connectivity index (χ4n) is 4.12. The summed E-state index contributed by atoms with van der Waals surface area (Å²) in [6, 6.07) is 9.16. The smallest absolute Gasteiger partial charge is 0.407 e. The normalized spacial score (nSPS) is 11.4. The zero-order valence-electron chi connectivity index (χ0n) is 23.6. The lowest BCUT2D eigenvalue weighted by Gasteiger charge is -2.19. The van der Waals surface area contributed by atoms with Gasteiger partial charge in [-0.25, -0.2) is 9.78 Å². The highest BCUT2D eigenvalue weighted by Crippen LogP contribution is 2.27. The SMILES string of the molecule is CCCn1cc(-c2nc(Nc3ccc(C(=O)NCCCCCNC(=O)OC(C)(C)C)cc3)nc3[nH]ccc23)cn1. The minimum atomic E-state index is -0.504. The second-order valence-corrected chi connectivity index (χ2v) is 10.6. The Morgan fingerprint density at radius 1 is 1.00 bits per heavy atom. The average molecular weight is 547 g/mol. The van der Waals surface area contributed by atoms with Crippen LogP contribution in [0.1, 0.15) is 63.7 Å². The van der Waals surface area contributed by atoms with Gasteiger partial charge in [-0.15, -0.1) is 0 Å². The molecule has 4 N–H and O–H groups in total. The molecule has 0 saturated carbocycles. The number of nitrogens with one attached hydrogen (secondary N) is 4. The largest absolute Gasteiger partial charge is 0.444 e. The molecule has 0 spiro atoms. The molecule has 0 aliphatic rings. The number of hydrogen-bond acceptors (Lipinski definition) is 7. The number of alkyl carbamates (subject to hydrolysis) is 1. The maximum atomic E-state index is 12.6. The number of hydrogen-bond donors (Lipinski definition) is 4. The molecule has 2 amide bonds. The van der Waals surface area contributed by atoms with Gasteiger partial charge in [-0.05, 0) is 76.8 Å². The highest BCUT2D eigenvalue weighted by atomic mass is 16.6. The first-order valence-corrected chi connectivity index (χ1v) is 13.7. The monoisotopic (exact) mass is 546 g/mol. The topological polar surface area (TPSA) is 139 Å². The zero-order valence-corrected chi connectivity index (χ0v) is 23.6. The van der Waals surface area contributed by atoms with Crippen molar-refractivity contribution < 1.29 is 14.3 Å². The second-order valence-electron chi connectivity index (χ2n) is 10.6. The number of ether oxygens (including phenoxy) is 1. The predicted molar refractivity (Wildman–Crippen MR) is 156 cm³/mol. The number of nitrogens with zero attached hydrogens (tertiary/aromatic N) is 4. The maximum absolute atomic E-state index is 12.6. The Labute approximate surface area is 234 Å². The summed E-state index contributed by atoms with van der Waals surface area (Å²) in [7, 11) is 0. The van der Waals surface area contributed by atoms with E-state index >= 15 is 0 Å². The maximum Gasteiger partial charge on any atom is 0.407 e. The van der Waals surface area contributed by atoms with Crippen LogP contribution in [0.4, 0.5) is 16.4 Å². The molecule has 4 aromatic rings. The van der Waals surface area contributed by atoms with Crippen molar-refractivity contribution in [2.24, 2.45) is 0 Å². The first-order chi connectivity index (χ1) is 19.2. The fourth-order valence-corrected chi connectivity index (χ4v) is 4.12. The van der Waals surface area contributed by atoms with Gasteiger partial charge in [0, 0.05) is 54.2 Å². The van der Waals surface area contributed by atoms with Crippen molar-refractivity contribution >= 4 is 34.7 Å². The molecule has 11 heteroatoms. The zero-order chi connectivity index (χ0) is 28.5. The molecule has 0 saturated heterocycles. The van der Waals surface area contributed by atoms with Crippen LogP contribution in [0.2, 0.25) is 0 Å². The summed E-state index contributed by atoms with van der Waals surface area (Å²) in [5, 5.41) is 14.3. The predicted octanol–water partition coefficient (Wildman–Crippen LogP) is 5.40. The van der Waals surface area contributed by atoms with Crippen LogP contribution in [0.3, 0.4) is 0 Å². The molecule has 4 rings (SSSR count). The van der Waals surface area contributed by atoms with Gasteiger partial charge >= 0.3 is 6.09 Å². The van der Waals surface area contributed by atoms with E-state index in [1.165, 1.54) is 0 Å².